The van der Waals surface area contributed by atoms with Gasteiger partial charge in [-0.25, -0.2) is 0 Å². The van der Waals surface area contributed by atoms with Crippen LogP contribution in [0.25, 0.3) is 0 Å². The standard InChI is InChI=1S/C20H25ClN4O2S/c1-12-8-9-15(21)10-16(12)22-18(26)11-17-19(27)23-20(28-17)25-24-13(2)14-6-4-3-5-7-14/h8-10,14,17H,3-7,11H2,1-2H3,(H,22,26)(H,23,25,27)/b24-13-/t17-/m1/s1. The number of hydrogen-bond acceptors (Lipinski definition) is 5. The van der Waals surface area contributed by atoms with E-state index in [0.717, 1.165) is 24.1 Å². The van der Waals surface area contributed by atoms with Crippen LogP contribution in [0.1, 0.15) is 51.0 Å². The smallest absolute Gasteiger partial charge is 0.240 e. The summed E-state index contributed by atoms with van der Waals surface area (Å²) in [7, 11) is 0. The average Bonchev–Trinajstić information content (AvgIpc) is 3.02. The van der Waals surface area contributed by atoms with E-state index in [1.165, 1.54) is 31.0 Å². The lowest BCUT2D eigenvalue weighted by atomic mass is 9.86. The number of thioether (sulfide) groups is 1. The van der Waals surface area contributed by atoms with Crippen LogP contribution >= 0.6 is 23.4 Å². The lowest BCUT2D eigenvalue weighted by Crippen LogP contribution is -2.28. The number of benzene rings is 1. The Morgan fingerprint density at radius 3 is 2.82 bits per heavy atom. The Labute approximate surface area is 174 Å². The topological polar surface area (TPSA) is 82.9 Å². The van der Waals surface area contributed by atoms with Crippen molar-refractivity contribution >= 4 is 51.7 Å². The molecule has 6 nitrogen and oxygen atoms in total. The van der Waals surface area contributed by atoms with Gasteiger partial charge in [-0.1, -0.05) is 48.7 Å². The van der Waals surface area contributed by atoms with Crippen LogP contribution in [-0.2, 0) is 9.59 Å². The molecule has 1 saturated heterocycles. The van der Waals surface area contributed by atoms with Gasteiger partial charge in [0.2, 0.25) is 11.8 Å². The van der Waals surface area contributed by atoms with Crippen LogP contribution in [0.2, 0.25) is 5.02 Å². The summed E-state index contributed by atoms with van der Waals surface area (Å²) in [6.07, 6.45) is 6.15. The molecular weight excluding hydrogens is 396 g/mol. The predicted octanol–water partition coefficient (Wildman–Crippen LogP) is 4.52. The van der Waals surface area contributed by atoms with Crippen LogP contribution in [-0.4, -0.2) is 27.9 Å². The number of rotatable bonds is 5. The quantitative estimate of drug-likeness (QED) is 0.542. The van der Waals surface area contributed by atoms with Gasteiger partial charge in [-0.2, -0.15) is 5.10 Å². The van der Waals surface area contributed by atoms with Crippen molar-refractivity contribution in [1.82, 2.24) is 5.32 Å². The molecule has 0 bridgehead atoms. The number of anilines is 1. The second-order valence-corrected chi connectivity index (χ2v) is 8.92. The Morgan fingerprint density at radius 1 is 1.32 bits per heavy atom. The minimum Gasteiger partial charge on any atom is -0.326 e. The molecule has 8 heteroatoms. The van der Waals surface area contributed by atoms with Crippen molar-refractivity contribution in [3.8, 4) is 0 Å². The molecule has 1 saturated carbocycles. The summed E-state index contributed by atoms with van der Waals surface area (Å²) in [5, 5.41) is 14.6. The Morgan fingerprint density at radius 2 is 2.07 bits per heavy atom. The zero-order valence-corrected chi connectivity index (χ0v) is 17.7. The first-order valence-corrected chi connectivity index (χ1v) is 10.8. The van der Waals surface area contributed by atoms with Crippen molar-refractivity contribution in [2.24, 2.45) is 16.1 Å². The molecule has 0 spiro atoms. The minimum atomic E-state index is -0.511. The molecule has 1 aliphatic carbocycles. The van der Waals surface area contributed by atoms with Gasteiger partial charge < -0.3 is 10.6 Å². The number of nitrogens with zero attached hydrogens (tertiary/aromatic N) is 2. The highest BCUT2D eigenvalue weighted by Crippen LogP contribution is 2.27. The van der Waals surface area contributed by atoms with Gasteiger partial charge in [0.05, 0.1) is 0 Å². The zero-order chi connectivity index (χ0) is 20.1. The number of halogens is 1. The molecule has 2 aliphatic rings. The van der Waals surface area contributed by atoms with Gasteiger partial charge in [-0.15, -0.1) is 5.10 Å². The van der Waals surface area contributed by atoms with Crippen LogP contribution in [0.5, 0.6) is 0 Å². The van der Waals surface area contributed by atoms with Crippen LogP contribution < -0.4 is 10.6 Å². The van der Waals surface area contributed by atoms with E-state index in [0.29, 0.717) is 21.8 Å². The van der Waals surface area contributed by atoms with E-state index in [-0.39, 0.29) is 18.2 Å². The largest absolute Gasteiger partial charge is 0.326 e. The maximum absolute atomic E-state index is 12.3. The molecule has 1 aromatic carbocycles. The zero-order valence-electron chi connectivity index (χ0n) is 16.1. The lowest BCUT2D eigenvalue weighted by molar-refractivity contribution is -0.122. The number of nitrogens with one attached hydrogen (secondary N) is 2. The van der Waals surface area contributed by atoms with Gasteiger partial charge in [0.1, 0.15) is 5.25 Å². The van der Waals surface area contributed by atoms with E-state index >= 15 is 0 Å². The molecule has 2 N–H and O–H groups in total. The summed E-state index contributed by atoms with van der Waals surface area (Å²) < 4.78 is 0. The maximum atomic E-state index is 12.3. The molecule has 150 valence electrons. The van der Waals surface area contributed by atoms with Gasteiger partial charge in [0, 0.05) is 22.8 Å². The highest BCUT2D eigenvalue weighted by atomic mass is 35.5. The molecule has 28 heavy (non-hydrogen) atoms. The van der Waals surface area contributed by atoms with Crippen molar-refractivity contribution in [1.29, 1.82) is 0 Å². The Kier molecular flexibility index (Phi) is 7.13. The predicted molar refractivity (Wildman–Crippen MR) is 116 cm³/mol. The Balaban J connectivity index is 1.56. The van der Waals surface area contributed by atoms with Crippen LogP contribution in [0.15, 0.2) is 28.4 Å². The fourth-order valence-corrected chi connectivity index (χ4v) is 4.50. The van der Waals surface area contributed by atoms with E-state index in [2.05, 4.69) is 20.8 Å². The third-order valence-electron chi connectivity index (χ3n) is 5.12. The normalized spacial score (nSPS) is 22.4. The number of amidine groups is 1. The first-order valence-electron chi connectivity index (χ1n) is 9.58. The molecule has 2 amide bonds. The van der Waals surface area contributed by atoms with Crippen molar-refractivity contribution < 1.29 is 9.59 Å². The van der Waals surface area contributed by atoms with Gasteiger partial charge >= 0.3 is 0 Å². The summed E-state index contributed by atoms with van der Waals surface area (Å²) in [4.78, 5) is 24.5. The molecule has 0 unspecified atom stereocenters. The molecule has 0 aromatic heterocycles. The van der Waals surface area contributed by atoms with E-state index in [4.69, 9.17) is 11.6 Å². The van der Waals surface area contributed by atoms with E-state index in [1.54, 1.807) is 12.1 Å². The summed E-state index contributed by atoms with van der Waals surface area (Å²) in [6, 6.07) is 5.31. The van der Waals surface area contributed by atoms with E-state index < -0.39 is 5.25 Å². The second-order valence-electron chi connectivity index (χ2n) is 7.29. The molecule has 1 aromatic rings. The van der Waals surface area contributed by atoms with Crippen molar-refractivity contribution in [2.45, 2.75) is 57.6 Å². The first kappa shape index (κ1) is 20.9. The number of carbonyl (C=O) groups excluding carboxylic acids is 2. The monoisotopic (exact) mass is 420 g/mol. The van der Waals surface area contributed by atoms with Crippen molar-refractivity contribution in [3.05, 3.63) is 28.8 Å². The summed E-state index contributed by atoms with van der Waals surface area (Å²) in [5.74, 6) is 0.0381. The first-order chi connectivity index (χ1) is 13.4. The number of carbonyl (C=O) groups is 2. The maximum Gasteiger partial charge on any atom is 0.240 e. The molecule has 0 radical (unpaired) electrons. The summed E-state index contributed by atoms with van der Waals surface area (Å²) in [5.41, 5.74) is 2.58. The Bertz CT molecular complexity index is 818. The highest BCUT2D eigenvalue weighted by Gasteiger charge is 2.32. The van der Waals surface area contributed by atoms with Crippen LogP contribution in [0.3, 0.4) is 0 Å². The number of amides is 2. The van der Waals surface area contributed by atoms with Gasteiger partial charge in [0.15, 0.2) is 5.17 Å². The molecular formula is C20H25ClN4O2S. The van der Waals surface area contributed by atoms with Crippen molar-refractivity contribution in [2.75, 3.05) is 5.32 Å². The third-order valence-corrected chi connectivity index (χ3v) is 6.42. The van der Waals surface area contributed by atoms with E-state index in [9.17, 15) is 9.59 Å². The van der Waals surface area contributed by atoms with Crippen molar-refractivity contribution in [3.63, 3.8) is 0 Å². The van der Waals surface area contributed by atoms with Gasteiger partial charge in [-0.3, -0.25) is 9.59 Å². The fourth-order valence-electron chi connectivity index (χ4n) is 3.41. The SMILES string of the molecule is C/C(=N/N=C1\NC(=O)[C@@H](CC(=O)Nc2cc(Cl)ccc2C)S1)C1CCCCC1. The third kappa shape index (κ3) is 5.58. The molecule has 3 rings (SSSR count). The van der Waals surface area contributed by atoms with Gasteiger partial charge in [-0.05, 0) is 50.3 Å². The van der Waals surface area contributed by atoms with E-state index in [1.807, 2.05) is 19.9 Å². The van der Waals surface area contributed by atoms with Crippen LogP contribution in [0.4, 0.5) is 5.69 Å². The summed E-state index contributed by atoms with van der Waals surface area (Å²) >= 11 is 7.23. The Hall–Kier alpha value is -1.86. The highest BCUT2D eigenvalue weighted by molar-refractivity contribution is 8.15. The fraction of sp³-hybridized carbons (Fsp3) is 0.500. The second kappa shape index (κ2) is 9.56. The molecule has 1 aliphatic heterocycles. The minimum absolute atomic E-state index is 0.0623. The average molecular weight is 421 g/mol. The molecule has 1 atom stereocenters. The molecule has 1 heterocycles. The molecule has 2 fully saturated rings. The van der Waals surface area contributed by atoms with Gasteiger partial charge in [0.25, 0.3) is 0 Å². The number of aryl methyl sites for hydroxylation is 1. The number of hydrogen-bond donors (Lipinski definition) is 2. The van der Waals surface area contributed by atoms with Crippen LogP contribution in [0, 0.1) is 12.8 Å². The lowest BCUT2D eigenvalue weighted by Gasteiger charge is -2.20. The summed E-state index contributed by atoms with van der Waals surface area (Å²) in [6.45, 7) is 3.89.